The highest BCUT2D eigenvalue weighted by atomic mass is 35.5. The van der Waals surface area contributed by atoms with Crippen LogP contribution in [0.4, 0.5) is 5.82 Å². The summed E-state index contributed by atoms with van der Waals surface area (Å²) in [6, 6.07) is 17.1. The van der Waals surface area contributed by atoms with Crippen LogP contribution in [-0.2, 0) is 0 Å². The smallest absolute Gasteiger partial charge is 0.142 e. The Morgan fingerprint density at radius 1 is 1.04 bits per heavy atom. The Balaban J connectivity index is 2.25. The van der Waals surface area contributed by atoms with Crippen LogP contribution in [-0.4, -0.2) is 12.1 Å². The highest BCUT2D eigenvalue weighted by Crippen LogP contribution is 2.36. The van der Waals surface area contributed by atoms with Gasteiger partial charge in [0.2, 0.25) is 0 Å². The number of pyridine rings is 1. The van der Waals surface area contributed by atoms with Crippen LogP contribution in [0.25, 0.3) is 22.4 Å². The lowest BCUT2D eigenvalue weighted by Crippen LogP contribution is -2.03. The summed E-state index contributed by atoms with van der Waals surface area (Å²) in [4.78, 5) is 4.45. The third-order valence-electron chi connectivity index (χ3n) is 4.08. The molecule has 0 saturated carbocycles. The highest BCUT2D eigenvalue weighted by molar-refractivity contribution is 6.30. The number of nitriles is 1. The maximum Gasteiger partial charge on any atom is 0.142 e. The molecule has 3 rings (SSSR count). The van der Waals surface area contributed by atoms with Crippen molar-refractivity contribution in [3.05, 3.63) is 64.7 Å². The van der Waals surface area contributed by atoms with Gasteiger partial charge in [0.25, 0.3) is 0 Å². The molecule has 124 valence electrons. The Kier molecular flexibility index (Phi) is 4.60. The van der Waals surface area contributed by atoms with Crippen molar-refractivity contribution in [3.63, 3.8) is 0 Å². The molecule has 0 aliphatic carbocycles. The monoisotopic (exact) mass is 349 g/mol. The van der Waals surface area contributed by atoms with Crippen molar-refractivity contribution in [2.45, 2.75) is 6.92 Å². The van der Waals surface area contributed by atoms with E-state index >= 15 is 0 Å². The fourth-order valence-corrected chi connectivity index (χ4v) is 2.94. The number of benzene rings is 2. The van der Waals surface area contributed by atoms with Gasteiger partial charge in [-0.15, -0.1) is 0 Å². The molecule has 0 amide bonds. The van der Waals surface area contributed by atoms with Crippen LogP contribution in [0, 0.1) is 18.3 Å². The molecule has 0 radical (unpaired) electrons. The lowest BCUT2D eigenvalue weighted by atomic mass is 9.93. The van der Waals surface area contributed by atoms with E-state index in [4.69, 9.17) is 22.1 Å². The van der Waals surface area contributed by atoms with Crippen LogP contribution < -0.4 is 10.5 Å². The molecule has 3 aromatic rings. The molecule has 2 N–H and O–H groups in total. The number of hydrogen-bond donors (Lipinski definition) is 1. The third kappa shape index (κ3) is 3.15. The lowest BCUT2D eigenvalue weighted by Gasteiger charge is -2.15. The van der Waals surface area contributed by atoms with Gasteiger partial charge in [-0.1, -0.05) is 35.9 Å². The molecule has 5 heteroatoms. The number of nitrogens with zero attached hydrogens (tertiary/aromatic N) is 2. The summed E-state index contributed by atoms with van der Waals surface area (Å²) >= 11 is 5.97. The van der Waals surface area contributed by atoms with Gasteiger partial charge in [-0.2, -0.15) is 5.26 Å². The SMILES string of the molecule is COc1ccc(-c2c(C)c(-c3ccc(Cl)cc3)nc(N)c2C#N)cc1. The normalized spacial score (nSPS) is 10.3. The first-order valence-electron chi connectivity index (χ1n) is 7.65. The third-order valence-corrected chi connectivity index (χ3v) is 4.33. The summed E-state index contributed by atoms with van der Waals surface area (Å²) in [5.41, 5.74) is 10.6. The molecule has 0 saturated heterocycles. The standard InChI is InChI=1S/C20H16ClN3O/c1-12-18(13-5-9-16(25-2)10-6-13)17(11-22)20(23)24-19(12)14-3-7-15(21)8-4-14/h3-10H,1-2H3,(H2,23,24). The van der Waals surface area contributed by atoms with Crippen LogP contribution in [0.2, 0.25) is 5.02 Å². The van der Waals surface area contributed by atoms with Crippen molar-refractivity contribution in [2.75, 3.05) is 12.8 Å². The van der Waals surface area contributed by atoms with Crippen LogP contribution in [0.5, 0.6) is 5.75 Å². The number of rotatable bonds is 3. The summed E-state index contributed by atoms with van der Waals surface area (Å²) in [6.07, 6.45) is 0. The highest BCUT2D eigenvalue weighted by Gasteiger charge is 2.18. The fraction of sp³-hybridized carbons (Fsp3) is 0.100. The van der Waals surface area contributed by atoms with E-state index < -0.39 is 0 Å². The molecule has 1 aromatic heterocycles. The Morgan fingerprint density at radius 2 is 1.64 bits per heavy atom. The van der Waals surface area contributed by atoms with Gasteiger partial charge in [0, 0.05) is 16.1 Å². The van der Waals surface area contributed by atoms with Gasteiger partial charge in [0.1, 0.15) is 23.2 Å². The predicted molar refractivity (Wildman–Crippen MR) is 101 cm³/mol. The van der Waals surface area contributed by atoms with E-state index in [-0.39, 0.29) is 5.82 Å². The van der Waals surface area contributed by atoms with E-state index in [1.165, 1.54) is 0 Å². The van der Waals surface area contributed by atoms with Gasteiger partial charge in [-0.05, 0) is 42.3 Å². The summed E-state index contributed by atoms with van der Waals surface area (Å²) < 4.78 is 5.21. The van der Waals surface area contributed by atoms with Crippen molar-refractivity contribution < 1.29 is 4.74 Å². The molecule has 0 aliphatic rings. The Labute approximate surface area is 151 Å². The summed E-state index contributed by atoms with van der Waals surface area (Å²) in [5, 5.41) is 10.2. The largest absolute Gasteiger partial charge is 0.497 e. The van der Waals surface area contributed by atoms with Crippen LogP contribution >= 0.6 is 11.6 Å². The van der Waals surface area contributed by atoms with E-state index in [2.05, 4.69) is 11.1 Å². The molecule has 4 nitrogen and oxygen atoms in total. The zero-order valence-electron chi connectivity index (χ0n) is 13.9. The second-order valence-electron chi connectivity index (χ2n) is 5.57. The second-order valence-corrected chi connectivity index (χ2v) is 6.00. The Hall–Kier alpha value is -3.03. The molecule has 25 heavy (non-hydrogen) atoms. The van der Waals surface area contributed by atoms with E-state index in [1.807, 2.05) is 43.3 Å². The minimum atomic E-state index is 0.212. The van der Waals surface area contributed by atoms with E-state index in [9.17, 15) is 5.26 Å². The number of methoxy groups -OCH3 is 1. The average Bonchev–Trinajstić information content (AvgIpc) is 2.64. The molecule has 0 atom stereocenters. The number of nitrogen functional groups attached to an aromatic ring is 1. The quantitative estimate of drug-likeness (QED) is 0.734. The topological polar surface area (TPSA) is 71.9 Å². The number of anilines is 1. The maximum atomic E-state index is 9.57. The van der Waals surface area contributed by atoms with Crippen molar-refractivity contribution in [1.29, 1.82) is 5.26 Å². The Morgan fingerprint density at radius 3 is 2.20 bits per heavy atom. The van der Waals surface area contributed by atoms with E-state index in [0.717, 1.165) is 33.7 Å². The number of aromatic nitrogens is 1. The van der Waals surface area contributed by atoms with Crippen LogP contribution in [0.3, 0.4) is 0 Å². The number of ether oxygens (including phenoxy) is 1. The van der Waals surface area contributed by atoms with Gasteiger partial charge in [0.15, 0.2) is 0 Å². The van der Waals surface area contributed by atoms with Gasteiger partial charge in [-0.3, -0.25) is 0 Å². The minimum absolute atomic E-state index is 0.212. The van der Waals surface area contributed by atoms with Crippen molar-refractivity contribution in [2.24, 2.45) is 0 Å². The molecular weight excluding hydrogens is 334 g/mol. The lowest BCUT2D eigenvalue weighted by molar-refractivity contribution is 0.415. The predicted octanol–water partition coefficient (Wildman–Crippen LogP) is 4.84. The Bertz CT molecular complexity index is 958. The average molecular weight is 350 g/mol. The first kappa shape index (κ1) is 16.8. The van der Waals surface area contributed by atoms with Crippen molar-refractivity contribution in [1.82, 2.24) is 4.98 Å². The molecule has 0 aliphatic heterocycles. The zero-order chi connectivity index (χ0) is 18.0. The number of nitrogens with two attached hydrogens (primary N) is 1. The van der Waals surface area contributed by atoms with Gasteiger partial charge in [0.05, 0.1) is 12.8 Å². The first-order valence-corrected chi connectivity index (χ1v) is 8.03. The second kappa shape index (κ2) is 6.84. The van der Waals surface area contributed by atoms with Crippen LogP contribution in [0.1, 0.15) is 11.1 Å². The van der Waals surface area contributed by atoms with Gasteiger partial charge < -0.3 is 10.5 Å². The molecule has 0 fully saturated rings. The van der Waals surface area contributed by atoms with Crippen LogP contribution in [0.15, 0.2) is 48.5 Å². The fourth-order valence-electron chi connectivity index (χ4n) is 2.81. The number of halogens is 1. The summed E-state index contributed by atoms with van der Waals surface area (Å²) in [5.74, 6) is 0.962. The number of hydrogen-bond acceptors (Lipinski definition) is 4. The molecule has 2 aromatic carbocycles. The van der Waals surface area contributed by atoms with Crippen molar-refractivity contribution >= 4 is 17.4 Å². The molecule has 0 bridgehead atoms. The maximum absolute atomic E-state index is 9.57. The molecule has 0 spiro atoms. The molecule has 1 heterocycles. The minimum Gasteiger partial charge on any atom is -0.497 e. The molecule has 0 unspecified atom stereocenters. The van der Waals surface area contributed by atoms with E-state index in [1.54, 1.807) is 19.2 Å². The van der Waals surface area contributed by atoms with Gasteiger partial charge in [-0.25, -0.2) is 4.98 Å². The summed E-state index contributed by atoms with van der Waals surface area (Å²) in [6.45, 7) is 1.94. The molecular formula is C20H16ClN3O. The van der Waals surface area contributed by atoms with E-state index in [0.29, 0.717) is 10.6 Å². The summed E-state index contributed by atoms with van der Waals surface area (Å²) in [7, 11) is 1.62. The zero-order valence-corrected chi connectivity index (χ0v) is 14.6. The van der Waals surface area contributed by atoms with Crippen molar-refractivity contribution in [3.8, 4) is 34.2 Å². The van der Waals surface area contributed by atoms with Gasteiger partial charge >= 0.3 is 0 Å². The first-order chi connectivity index (χ1) is 12.0.